The molecule has 0 radical (unpaired) electrons. The lowest BCUT2D eigenvalue weighted by atomic mass is 11.8. The van der Waals surface area contributed by atoms with E-state index in [1.165, 1.54) is 0 Å². The maximum absolute atomic E-state index is 10.1. The molecule has 56 valence electrons. The molecule has 6 nitrogen and oxygen atoms in total. The molecule has 0 aliphatic carbocycles. The van der Waals surface area contributed by atoms with Crippen LogP contribution in [0, 0.1) is 0 Å². The van der Waals surface area contributed by atoms with Crippen molar-refractivity contribution in [3.8, 4) is 0 Å². The van der Waals surface area contributed by atoms with Crippen molar-refractivity contribution in [1.82, 2.24) is 4.13 Å². The van der Waals surface area contributed by atoms with Crippen LogP contribution in [0.15, 0.2) is 0 Å². The Balaban J connectivity index is 4.06. The maximum Gasteiger partial charge on any atom is 0.346 e. The summed E-state index contributed by atoms with van der Waals surface area (Å²) in [6, 6.07) is 0. The van der Waals surface area contributed by atoms with E-state index in [1.54, 1.807) is 0 Å². The summed E-state index contributed by atoms with van der Waals surface area (Å²) in [6.07, 6.45) is 0. The van der Waals surface area contributed by atoms with E-state index in [9.17, 15) is 17.2 Å². The second kappa shape index (κ2) is 3.22. The average Bonchev–Trinajstić information content (AvgIpc) is 1.63. The molecule has 0 heterocycles. The van der Waals surface area contributed by atoms with Gasteiger partial charge in [-0.15, -0.1) is 4.13 Å². The lowest BCUT2D eigenvalue weighted by molar-refractivity contribution is 0.393. The van der Waals surface area contributed by atoms with E-state index in [2.05, 4.69) is 4.18 Å². The largest absolute Gasteiger partial charge is 0.759 e. The van der Waals surface area contributed by atoms with Crippen LogP contribution in [0.4, 0.5) is 0 Å². The summed E-state index contributed by atoms with van der Waals surface area (Å²) in [5.74, 6) is 0. The monoisotopic (exact) mass is 174 g/mol. The third-order valence-electron chi connectivity index (χ3n) is 0.390. The van der Waals surface area contributed by atoms with E-state index in [1.807, 2.05) is 0 Å². The summed E-state index contributed by atoms with van der Waals surface area (Å²) in [4.78, 5) is 0. The standard InChI is InChI=1S/CH5NO5S2/c1-7-9(5,6)2-8(3)4/h2H,1H3,(H,3,4)/p-1. The van der Waals surface area contributed by atoms with Crippen LogP contribution in [-0.2, 0) is 25.8 Å². The number of hydrogen-bond donors (Lipinski definition) is 1. The minimum atomic E-state index is -4.08. The highest BCUT2D eigenvalue weighted by Crippen LogP contribution is 1.81. The third-order valence-corrected chi connectivity index (χ3v) is 2.19. The van der Waals surface area contributed by atoms with Gasteiger partial charge < -0.3 is 4.55 Å². The number of hydrogen-bond acceptors (Lipinski definition) is 5. The van der Waals surface area contributed by atoms with Crippen molar-refractivity contribution < 1.29 is 21.4 Å². The second-order valence-electron chi connectivity index (χ2n) is 0.939. The molecule has 0 aromatic heterocycles. The van der Waals surface area contributed by atoms with E-state index in [0.717, 1.165) is 11.2 Å². The van der Waals surface area contributed by atoms with Gasteiger partial charge in [0.2, 0.25) is 0 Å². The molecule has 0 aliphatic heterocycles. The maximum atomic E-state index is 10.1. The second-order valence-corrected chi connectivity index (χ2v) is 3.32. The first-order valence-corrected chi connectivity index (χ1v) is 4.13. The fraction of sp³-hybridized carbons (Fsp3) is 1.00. The first-order valence-electron chi connectivity index (χ1n) is 1.65. The molecule has 1 N–H and O–H groups in total. The molecule has 1 atom stereocenters. The lowest BCUT2D eigenvalue weighted by Gasteiger charge is -2.04. The molecular weight excluding hydrogens is 170 g/mol. The van der Waals surface area contributed by atoms with Crippen LogP contribution in [0.25, 0.3) is 0 Å². The smallest absolute Gasteiger partial charge is 0.346 e. The first-order chi connectivity index (χ1) is 3.98. The Hall–Kier alpha value is -0.0200. The Morgan fingerprint density at radius 1 is 1.67 bits per heavy atom. The number of nitrogens with one attached hydrogen (secondary N) is 1. The molecule has 0 rings (SSSR count). The normalized spacial score (nSPS) is 15.3. The lowest BCUT2D eigenvalue weighted by Crippen LogP contribution is -2.26. The fourth-order valence-corrected chi connectivity index (χ4v) is 1.06. The zero-order chi connectivity index (χ0) is 7.49. The highest BCUT2D eigenvalue weighted by atomic mass is 32.3. The van der Waals surface area contributed by atoms with Crippen LogP contribution in [0.3, 0.4) is 0 Å². The predicted octanol–water partition coefficient (Wildman–Crippen LogP) is -1.74. The highest BCUT2D eigenvalue weighted by molar-refractivity contribution is 7.97. The Kier molecular flexibility index (Phi) is 3.22. The Morgan fingerprint density at radius 2 is 2.11 bits per heavy atom. The molecule has 0 aromatic rings. The van der Waals surface area contributed by atoms with Crippen molar-refractivity contribution in [2.45, 2.75) is 0 Å². The zero-order valence-corrected chi connectivity index (χ0v) is 5.99. The van der Waals surface area contributed by atoms with Gasteiger partial charge in [-0.05, 0) is 0 Å². The number of rotatable bonds is 3. The summed E-state index contributed by atoms with van der Waals surface area (Å²) in [5.41, 5.74) is 0. The van der Waals surface area contributed by atoms with Gasteiger partial charge in [0, 0.05) is 11.3 Å². The minimum absolute atomic E-state index is 0.842. The van der Waals surface area contributed by atoms with E-state index in [-0.39, 0.29) is 0 Å². The average molecular weight is 174 g/mol. The van der Waals surface area contributed by atoms with Crippen molar-refractivity contribution >= 4 is 21.6 Å². The summed E-state index contributed by atoms with van der Waals surface area (Å²) in [6.45, 7) is 0. The van der Waals surface area contributed by atoms with Crippen LogP contribution in [-0.4, -0.2) is 24.3 Å². The van der Waals surface area contributed by atoms with Gasteiger partial charge in [-0.2, -0.15) is 8.42 Å². The Morgan fingerprint density at radius 3 is 2.22 bits per heavy atom. The molecule has 0 aliphatic rings. The first kappa shape index (κ1) is 8.98. The summed E-state index contributed by atoms with van der Waals surface area (Å²) in [7, 11) is -3.24. The van der Waals surface area contributed by atoms with E-state index < -0.39 is 21.6 Å². The van der Waals surface area contributed by atoms with Gasteiger partial charge in [-0.25, -0.2) is 0 Å². The van der Waals surface area contributed by atoms with Crippen LogP contribution in [0.1, 0.15) is 0 Å². The van der Waals surface area contributed by atoms with Crippen LogP contribution < -0.4 is 4.13 Å². The molecule has 1 unspecified atom stereocenters. The van der Waals surface area contributed by atoms with Crippen molar-refractivity contribution in [3.63, 3.8) is 0 Å². The molecule has 0 amide bonds. The third kappa shape index (κ3) is 4.48. The summed E-state index contributed by atoms with van der Waals surface area (Å²) in [5, 5.41) is 0. The van der Waals surface area contributed by atoms with Crippen molar-refractivity contribution in [2.24, 2.45) is 0 Å². The van der Waals surface area contributed by atoms with Gasteiger partial charge in [0.15, 0.2) is 0 Å². The molecule has 9 heavy (non-hydrogen) atoms. The topological polar surface area (TPSA) is 95.5 Å². The molecule has 0 bridgehead atoms. The van der Waals surface area contributed by atoms with Gasteiger partial charge in [-0.3, -0.25) is 8.39 Å². The zero-order valence-electron chi connectivity index (χ0n) is 4.36. The summed E-state index contributed by atoms with van der Waals surface area (Å²) >= 11 is -2.85. The minimum Gasteiger partial charge on any atom is -0.759 e. The van der Waals surface area contributed by atoms with Crippen molar-refractivity contribution in [2.75, 3.05) is 7.11 Å². The summed E-state index contributed by atoms with van der Waals surface area (Å²) < 4.78 is 44.2. The molecule has 8 heteroatoms. The molecule has 0 spiro atoms. The van der Waals surface area contributed by atoms with Gasteiger partial charge in [-0.1, -0.05) is 0 Å². The Bertz CT molecular complexity index is 193. The van der Waals surface area contributed by atoms with Crippen molar-refractivity contribution in [1.29, 1.82) is 0 Å². The SMILES string of the molecule is COS(=O)(=O)NS(=O)[O-]. The molecule has 0 aromatic carbocycles. The van der Waals surface area contributed by atoms with Crippen LogP contribution in [0.5, 0.6) is 0 Å². The van der Waals surface area contributed by atoms with E-state index in [0.29, 0.717) is 0 Å². The Labute approximate surface area is 54.9 Å². The van der Waals surface area contributed by atoms with Gasteiger partial charge in [0.1, 0.15) is 0 Å². The fourth-order valence-electron chi connectivity index (χ4n) is 0.117. The van der Waals surface area contributed by atoms with E-state index >= 15 is 0 Å². The van der Waals surface area contributed by atoms with Crippen LogP contribution >= 0.6 is 0 Å². The van der Waals surface area contributed by atoms with Gasteiger partial charge >= 0.3 is 10.3 Å². The molecule has 0 fully saturated rings. The molecule has 0 saturated heterocycles. The molecular formula is CH4NO5S2-. The van der Waals surface area contributed by atoms with Crippen LogP contribution in [0.2, 0.25) is 0 Å². The van der Waals surface area contributed by atoms with Gasteiger partial charge in [0.05, 0.1) is 7.11 Å². The van der Waals surface area contributed by atoms with Crippen molar-refractivity contribution in [3.05, 3.63) is 0 Å². The van der Waals surface area contributed by atoms with Gasteiger partial charge in [0.25, 0.3) is 0 Å². The molecule has 0 saturated carbocycles. The predicted molar refractivity (Wildman–Crippen MR) is 28.0 cm³/mol. The highest BCUT2D eigenvalue weighted by Gasteiger charge is 2.04. The van der Waals surface area contributed by atoms with E-state index in [4.69, 9.17) is 0 Å². The quantitative estimate of drug-likeness (QED) is 0.512.